The zero-order valence-corrected chi connectivity index (χ0v) is 9.47. The van der Waals surface area contributed by atoms with E-state index >= 15 is 0 Å². The molecule has 1 aromatic heterocycles. The number of hydrogen-bond acceptors (Lipinski definition) is 3. The molecule has 16 heavy (non-hydrogen) atoms. The number of pyridine rings is 1. The molecule has 0 aromatic carbocycles. The Bertz CT molecular complexity index is 360. The SMILES string of the molecule is CSCC(C)Nc1c(F)c(F)nc(F)c1F. The topological polar surface area (TPSA) is 24.9 Å². The molecular weight excluding hydrogens is 244 g/mol. The van der Waals surface area contributed by atoms with Gasteiger partial charge in [0.25, 0.3) is 11.9 Å². The highest BCUT2D eigenvalue weighted by Gasteiger charge is 2.21. The van der Waals surface area contributed by atoms with Crippen LogP contribution >= 0.6 is 11.8 Å². The molecule has 0 fully saturated rings. The molecule has 0 bridgehead atoms. The van der Waals surface area contributed by atoms with Gasteiger partial charge in [0, 0.05) is 11.8 Å². The standard InChI is InChI=1S/C9H10F4N2S/c1-4(3-16-2)14-7-5(10)8(12)15-9(13)6(7)11/h4H,3H2,1-2H3,(H,14,15). The van der Waals surface area contributed by atoms with E-state index < -0.39 is 29.2 Å². The summed E-state index contributed by atoms with van der Waals surface area (Å²) in [5.41, 5.74) is -0.813. The summed E-state index contributed by atoms with van der Waals surface area (Å²) < 4.78 is 51.7. The molecule has 0 amide bonds. The first-order valence-electron chi connectivity index (χ1n) is 4.42. The van der Waals surface area contributed by atoms with Gasteiger partial charge in [-0.3, -0.25) is 0 Å². The van der Waals surface area contributed by atoms with Crippen molar-refractivity contribution in [3.8, 4) is 0 Å². The lowest BCUT2D eigenvalue weighted by molar-refractivity contribution is 0.410. The first-order chi connectivity index (χ1) is 7.47. The van der Waals surface area contributed by atoms with Crippen molar-refractivity contribution in [1.82, 2.24) is 4.98 Å². The van der Waals surface area contributed by atoms with Crippen LogP contribution in [0.1, 0.15) is 6.92 Å². The highest BCUT2D eigenvalue weighted by Crippen LogP contribution is 2.23. The predicted molar refractivity (Wildman–Crippen MR) is 55.5 cm³/mol. The lowest BCUT2D eigenvalue weighted by atomic mass is 10.3. The molecular formula is C9H10F4N2S. The van der Waals surface area contributed by atoms with Crippen molar-refractivity contribution in [2.24, 2.45) is 0 Å². The van der Waals surface area contributed by atoms with Crippen LogP contribution in [-0.2, 0) is 0 Å². The second-order valence-electron chi connectivity index (χ2n) is 3.20. The predicted octanol–water partition coefficient (Wildman–Crippen LogP) is 2.80. The molecule has 1 atom stereocenters. The van der Waals surface area contributed by atoms with Crippen molar-refractivity contribution in [3.05, 3.63) is 23.5 Å². The molecule has 0 radical (unpaired) electrons. The van der Waals surface area contributed by atoms with Crippen molar-refractivity contribution in [2.45, 2.75) is 13.0 Å². The molecule has 0 saturated carbocycles. The van der Waals surface area contributed by atoms with Crippen LogP contribution in [-0.4, -0.2) is 23.0 Å². The Morgan fingerprint density at radius 2 is 1.69 bits per heavy atom. The number of rotatable bonds is 4. The average Bonchev–Trinajstić information content (AvgIpc) is 2.22. The van der Waals surface area contributed by atoms with Crippen LogP contribution < -0.4 is 5.32 Å². The normalized spacial score (nSPS) is 12.6. The van der Waals surface area contributed by atoms with Crippen LogP contribution in [0.3, 0.4) is 0 Å². The van der Waals surface area contributed by atoms with E-state index in [1.54, 1.807) is 13.2 Å². The smallest absolute Gasteiger partial charge is 0.253 e. The van der Waals surface area contributed by atoms with Crippen molar-refractivity contribution in [3.63, 3.8) is 0 Å². The first kappa shape index (κ1) is 13.1. The zero-order valence-electron chi connectivity index (χ0n) is 8.65. The largest absolute Gasteiger partial charge is 0.377 e. The maximum atomic E-state index is 13.1. The van der Waals surface area contributed by atoms with E-state index in [4.69, 9.17) is 0 Å². The Morgan fingerprint density at radius 1 is 1.19 bits per heavy atom. The van der Waals surface area contributed by atoms with Gasteiger partial charge in [0.1, 0.15) is 5.69 Å². The van der Waals surface area contributed by atoms with Gasteiger partial charge in [0.05, 0.1) is 0 Å². The average molecular weight is 254 g/mol. The molecule has 1 N–H and O–H groups in total. The lowest BCUT2D eigenvalue weighted by Crippen LogP contribution is -2.21. The highest BCUT2D eigenvalue weighted by atomic mass is 32.2. The number of thioether (sulfide) groups is 1. The van der Waals surface area contributed by atoms with Crippen LogP contribution in [0.15, 0.2) is 0 Å². The van der Waals surface area contributed by atoms with Gasteiger partial charge in [-0.1, -0.05) is 0 Å². The van der Waals surface area contributed by atoms with Crippen molar-refractivity contribution >= 4 is 17.4 Å². The molecule has 0 aliphatic heterocycles. The summed E-state index contributed by atoms with van der Waals surface area (Å²) in [6, 6.07) is -0.319. The third-order valence-corrected chi connectivity index (χ3v) is 2.64. The zero-order chi connectivity index (χ0) is 12.3. The Morgan fingerprint density at radius 3 is 2.12 bits per heavy atom. The van der Waals surface area contributed by atoms with Crippen molar-refractivity contribution < 1.29 is 17.6 Å². The summed E-state index contributed by atoms with van der Waals surface area (Å²) in [5.74, 6) is -5.78. The number of aromatic nitrogens is 1. The maximum Gasteiger partial charge on any atom is 0.253 e. The van der Waals surface area contributed by atoms with Gasteiger partial charge in [0.15, 0.2) is 0 Å². The van der Waals surface area contributed by atoms with Gasteiger partial charge in [-0.15, -0.1) is 0 Å². The molecule has 90 valence electrons. The van der Waals surface area contributed by atoms with E-state index in [9.17, 15) is 17.6 Å². The lowest BCUT2D eigenvalue weighted by Gasteiger charge is -2.15. The fourth-order valence-electron chi connectivity index (χ4n) is 1.15. The molecule has 1 rings (SSSR count). The molecule has 0 aliphatic rings. The van der Waals surface area contributed by atoms with E-state index in [0.717, 1.165) is 0 Å². The summed E-state index contributed by atoms with van der Waals surface area (Å²) in [4.78, 5) is 2.46. The van der Waals surface area contributed by atoms with Crippen LogP contribution in [0.2, 0.25) is 0 Å². The van der Waals surface area contributed by atoms with Crippen molar-refractivity contribution in [1.29, 1.82) is 0 Å². The maximum absolute atomic E-state index is 13.1. The third-order valence-electron chi connectivity index (χ3n) is 1.80. The van der Waals surface area contributed by atoms with Gasteiger partial charge < -0.3 is 5.32 Å². The molecule has 1 heterocycles. The fraction of sp³-hybridized carbons (Fsp3) is 0.444. The van der Waals surface area contributed by atoms with Crippen LogP contribution in [0.25, 0.3) is 0 Å². The number of hydrogen-bond donors (Lipinski definition) is 1. The van der Waals surface area contributed by atoms with Crippen LogP contribution in [0.5, 0.6) is 0 Å². The van der Waals surface area contributed by atoms with Crippen LogP contribution in [0, 0.1) is 23.5 Å². The molecule has 1 unspecified atom stereocenters. The minimum Gasteiger partial charge on any atom is -0.377 e. The second kappa shape index (κ2) is 5.38. The van der Waals surface area contributed by atoms with Gasteiger partial charge >= 0.3 is 0 Å². The minimum atomic E-state index is -1.65. The highest BCUT2D eigenvalue weighted by molar-refractivity contribution is 7.98. The second-order valence-corrected chi connectivity index (χ2v) is 4.11. The molecule has 0 saturated heterocycles. The van der Waals surface area contributed by atoms with E-state index in [0.29, 0.717) is 5.75 Å². The van der Waals surface area contributed by atoms with E-state index in [1.807, 2.05) is 0 Å². The summed E-state index contributed by atoms with van der Waals surface area (Å²) in [6.45, 7) is 1.64. The monoisotopic (exact) mass is 254 g/mol. The van der Waals surface area contributed by atoms with E-state index in [2.05, 4.69) is 10.3 Å². The van der Waals surface area contributed by atoms with Gasteiger partial charge in [-0.05, 0) is 13.2 Å². The summed E-state index contributed by atoms with van der Waals surface area (Å²) in [6.07, 6.45) is 1.80. The van der Waals surface area contributed by atoms with E-state index in [-0.39, 0.29) is 6.04 Å². The number of anilines is 1. The Balaban J connectivity index is 3.03. The number of halogens is 4. The molecule has 7 heteroatoms. The Kier molecular flexibility index (Phi) is 4.40. The van der Waals surface area contributed by atoms with Gasteiger partial charge in [-0.25, -0.2) is 0 Å². The molecule has 1 aromatic rings. The Hall–Kier alpha value is -0.980. The third kappa shape index (κ3) is 2.78. The summed E-state index contributed by atoms with van der Waals surface area (Å²) in [5, 5.41) is 2.37. The summed E-state index contributed by atoms with van der Waals surface area (Å²) in [7, 11) is 0. The number of nitrogens with zero attached hydrogens (tertiary/aromatic N) is 1. The molecule has 0 spiro atoms. The van der Waals surface area contributed by atoms with Gasteiger partial charge in [0.2, 0.25) is 11.6 Å². The molecule has 0 aliphatic carbocycles. The number of nitrogens with one attached hydrogen (secondary N) is 1. The first-order valence-corrected chi connectivity index (χ1v) is 5.82. The quantitative estimate of drug-likeness (QED) is 0.660. The summed E-state index contributed by atoms with van der Waals surface area (Å²) >= 11 is 1.44. The van der Waals surface area contributed by atoms with Crippen molar-refractivity contribution in [2.75, 3.05) is 17.3 Å². The fourth-order valence-corrected chi connectivity index (χ4v) is 1.74. The van der Waals surface area contributed by atoms with Gasteiger partial charge in [-0.2, -0.15) is 34.3 Å². The van der Waals surface area contributed by atoms with Crippen LogP contribution in [0.4, 0.5) is 23.2 Å². The van der Waals surface area contributed by atoms with E-state index in [1.165, 1.54) is 11.8 Å². The minimum absolute atomic E-state index is 0.319. The molecule has 2 nitrogen and oxygen atoms in total. The Labute approximate surface area is 94.4 Å².